The molecule has 32 heavy (non-hydrogen) atoms. The first kappa shape index (κ1) is 22.5. The Balaban J connectivity index is 1.40. The molecule has 3 heterocycles. The van der Waals surface area contributed by atoms with E-state index in [1.807, 2.05) is 19.1 Å². The standard InChI is InChI=1S/C23H33N5O4/c1-16-21(32-18-7-5-4-6-8-18)10-9-19(24-16)22-20(28(3)26-25-22)15-31-23(29)27(2)13-17-11-12-30-14-17/h9-10,17-18H,4-8,11-15H2,1-3H3. The third-order valence-electron chi connectivity index (χ3n) is 6.27. The van der Waals surface area contributed by atoms with Gasteiger partial charge in [0, 0.05) is 33.2 Å². The van der Waals surface area contributed by atoms with Gasteiger partial charge in [-0.2, -0.15) is 0 Å². The summed E-state index contributed by atoms with van der Waals surface area (Å²) >= 11 is 0. The molecule has 0 N–H and O–H groups in total. The molecule has 2 aliphatic rings. The average Bonchev–Trinajstić information content (AvgIpc) is 3.43. The van der Waals surface area contributed by atoms with Crippen molar-refractivity contribution in [2.45, 2.75) is 58.2 Å². The molecule has 0 spiro atoms. The number of hydrogen-bond acceptors (Lipinski definition) is 7. The molecule has 0 aromatic carbocycles. The predicted molar refractivity (Wildman–Crippen MR) is 118 cm³/mol. The monoisotopic (exact) mass is 443 g/mol. The van der Waals surface area contributed by atoms with Crippen molar-refractivity contribution in [3.8, 4) is 17.1 Å². The second-order valence-electron chi connectivity index (χ2n) is 8.83. The van der Waals surface area contributed by atoms with Crippen molar-refractivity contribution >= 4 is 6.09 Å². The van der Waals surface area contributed by atoms with Crippen LogP contribution in [-0.2, 0) is 23.1 Å². The van der Waals surface area contributed by atoms with Gasteiger partial charge in [-0.05, 0) is 51.2 Å². The first-order chi connectivity index (χ1) is 15.5. The third kappa shape index (κ3) is 5.38. The third-order valence-corrected chi connectivity index (χ3v) is 6.27. The number of pyridine rings is 1. The molecule has 1 unspecified atom stereocenters. The molecule has 1 aliphatic carbocycles. The average molecular weight is 444 g/mol. The van der Waals surface area contributed by atoms with Crippen molar-refractivity contribution < 1.29 is 19.0 Å². The zero-order valence-electron chi connectivity index (χ0n) is 19.2. The molecule has 1 saturated heterocycles. The molecule has 2 fully saturated rings. The van der Waals surface area contributed by atoms with Crippen LogP contribution in [-0.4, -0.2) is 63.9 Å². The van der Waals surface area contributed by atoms with Crippen molar-refractivity contribution in [3.63, 3.8) is 0 Å². The van der Waals surface area contributed by atoms with E-state index in [1.54, 1.807) is 23.7 Å². The van der Waals surface area contributed by atoms with Crippen LogP contribution in [0.1, 0.15) is 49.9 Å². The van der Waals surface area contributed by atoms with E-state index in [-0.39, 0.29) is 18.8 Å². The minimum atomic E-state index is -0.371. The van der Waals surface area contributed by atoms with Gasteiger partial charge in [-0.3, -0.25) is 0 Å². The number of carbonyl (C=O) groups is 1. The molecule has 174 valence electrons. The van der Waals surface area contributed by atoms with E-state index in [9.17, 15) is 4.79 Å². The SMILES string of the molecule is Cc1nc(-c2nnn(C)c2COC(=O)N(C)CC2CCOC2)ccc1OC1CCCCC1. The molecule has 1 amide bonds. The highest BCUT2D eigenvalue weighted by Crippen LogP contribution is 2.28. The molecule has 1 atom stereocenters. The Morgan fingerprint density at radius 1 is 1.25 bits per heavy atom. The molecule has 2 aromatic rings. The van der Waals surface area contributed by atoms with Crippen LogP contribution in [0.4, 0.5) is 4.79 Å². The molecule has 1 aliphatic heterocycles. The minimum Gasteiger partial charge on any atom is -0.489 e. The Kier molecular flexibility index (Phi) is 7.24. The van der Waals surface area contributed by atoms with Gasteiger partial charge in [-0.1, -0.05) is 11.6 Å². The molecule has 0 radical (unpaired) electrons. The maximum Gasteiger partial charge on any atom is 0.409 e. The maximum absolute atomic E-state index is 12.5. The number of amides is 1. The van der Waals surface area contributed by atoms with Crippen LogP contribution in [0.2, 0.25) is 0 Å². The van der Waals surface area contributed by atoms with E-state index in [1.165, 1.54) is 19.3 Å². The lowest BCUT2D eigenvalue weighted by Gasteiger charge is -2.23. The van der Waals surface area contributed by atoms with Gasteiger partial charge in [0.05, 0.1) is 24.1 Å². The Morgan fingerprint density at radius 2 is 2.06 bits per heavy atom. The number of ether oxygens (including phenoxy) is 3. The summed E-state index contributed by atoms with van der Waals surface area (Å²) in [5.41, 5.74) is 2.82. The Morgan fingerprint density at radius 3 is 2.78 bits per heavy atom. The summed E-state index contributed by atoms with van der Waals surface area (Å²) in [6.07, 6.45) is 6.81. The van der Waals surface area contributed by atoms with E-state index in [0.717, 1.165) is 37.3 Å². The van der Waals surface area contributed by atoms with Gasteiger partial charge in [0.25, 0.3) is 0 Å². The van der Waals surface area contributed by atoms with Gasteiger partial charge in [0.2, 0.25) is 0 Å². The summed E-state index contributed by atoms with van der Waals surface area (Å²) < 4.78 is 18.7. The molecular formula is C23H33N5O4. The lowest BCUT2D eigenvalue weighted by Crippen LogP contribution is -2.32. The fourth-order valence-electron chi connectivity index (χ4n) is 4.33. The smallest absolute Gasteiger partial charge is 0.409 e. The first-order valence-corrected chi connectivity index (χ1v) is 11.5. The van der Waals surface area contributed by atoms with Crippen molar-refractivity contribution in [1.82, 2.24) is 24.9 Å². The van der Waals surface area contributed by atoms with Crippen molar-refractivity contribution in [1.29, 1.82) is 0 Å². The fourth-order valence-corrected chi connectivity index (χ4v) is 4.33. The van der Waals surface area contributed by atoms with E-state index < -0.39 is 0 Å². The summed E-state index contributed by atoms with van der Waals surface area (Å²) in [7, 11) is 3.53. The lowest BCUT2D eigenvalue weighted by molar-refractivity contribution is 0.0956. The van der Waals surface area contributed by atoms with Crippen LogP contribution in [0.15, 0.2) is 12.1 Å². The molecule has 9 heteroatoms. The predicted octanol–water partition coefficient (Wildman–Crippen LogP) is 3.50. The Labute approximate surface area is 189 Å². The van der Waals surface area contributed by atoms with Gasteiger partial charge in [0.15, 0.2) is 0 Å². The molecule has 9 nitrogen and oxygen atoms in total. The first-order valence-electron chi connectivity index (χ1n) is 11.5. The highest BCUT2D eigenvalue weighted by Gasteiger charge is 2.23. The Bertz CT molecular complexity index is 919. The second kappa shape index (κ2) is 10.3. The summed E-state index contributed by atoms with van der Waals surface area (Å²) in [4.78, 5) is 18.8. The lowest BCUT2D eigenvalue weighted by atomic mass is 9.98. The topological polar surface area (TPSA) is 91.6 Å². The number of carbonyl (C=O) groups excluding carboxylic acids is 1. The van der Waals surface area contributed by atoms with Crippen LogP contribution in [0.3, 0.4) is 0 Å². The van der Waals surface area contributed by atoms with E-state index in [2.05, 4.69) is 10.3 Å². The number of nitrogens with zero attached hydrogens (tertiary/aromatic N) is 5. The van der Waals surface area contributed by atoms with Gasteiger partial charge in [0.1, 0.15) is 23.7 Å². The number of aromatic nitrogens is 4. The van der Waals surface area contributed by atoms with Crippen LogP contribution in [0, 0.1) is 12.8 Å². The highest BCUT2D eigenvalue weighted by atomic mass is 16.6. The summed E-state index contributed by atoms with van der Waals surface area (Å²) in [5.74, 6) is 1.18. The normalized spacial score (nSPS) is 19.2. The number of rotatable bonds is 7. The molecular weight excluding hydrogens is 410 g/mol. The minimum absolute atomic E-state index is 0.0736. The zero-order chi connectivity index (χ0) is 22.5. The summed E-state index contributed by atoms with van der Waals surface area (Å²) in [6, 6.07) is 3.85. The molecule has 2 aromatic heterocycles. The largest absolute Gasteiger partial charge is 0.489 e. The molecule has 4 rings (SSSR count). The van der Waals surface area contributed by atoms with Crippen molar-refractivity contribution in [2.24, 2.45) is 13.0 Å². The summed E-state index contributed by atoms with van der Waals surface area (Å²) in [6.45, 7) is 4.09. The van der Waals surface area contributed by atoms with Crippen LogP contribution >= 0.6 is 0 Å². The van der Waals surface area contributed by atoms with Gasteiger partial charge >= 0.3 is 6.09 Å². The van der Waals surface area contributed by atoms with Gasteiger partial charge in [-0.25, -0.2) is 14.5 Å². The van der Waals surface area contributed by atoms with Crippen LogP contribution < -0.4 is 4.74 Å². The highest BCUT2D eigenvalue weighted by molar-refractivity contribution is 5.67. The number of aryl methyl sites for hydroxylation is 2. The fraction of sp³-hybridized carbons (Fsp3) is 0.652. The van der Waals surface area contributed by atoms with Gasteiger partial charge < -0.3 is 19.1 Å². The number of hydrogen-bond donors (Lipinski definition) is 0. The summed E-state index contributed by atoms with van der Waals surface area (Å²) in [5, 5.41) is 8.39. The van der Waals surface area contributed by atoms with Crippen molar-refractivity contribution in [3.05, 3.63) is 23.5 Å². The molecule has 1 saturated carbocycles. The van der Waals surface area contributed by atoms with Crippen LogP contribution in [0.25, 0.3) is 11.4 Å². The van der Waals surface area contributed by atoms with Gasteiger partial charge in [-0.15, -0.1) is 5.10 Å². The second-order valence-corrected chi connectivity index (χ2v) is 8.83. The zero-order valence-corrected chi connectivity index (χ0v) is 19.2. The maximum atomic E-state index is 12.5. The van der Waals surface area contributed by atoms with Crippen LogP contribution in [0.5, 0.6) is 5.75 Å². The van der Waals surface area contributed by atoms with E-state index >= 15 is 0 Å². The molecule has 0 bridgehead atoms. The quantitative estimate of drug-likeness (QED) is 0.647. The van der Waals surface area contributed by atoms with Crippen molar-refractivity contribution in [2.75, 3.05) is 26.8 Å². The van der Waals surface area contributed by atoms with E-state index in [4.69, 9.17) is 19.2 Å². The van der Waals surface area contributed by atoms with E-state index in [0.29, 0.717) is 36.2 Å². The Hall–Kier alpha value is -2.68.